The molecule has 2 heterocycles. The van der Waals surface area contributed by atoms with Gasteiger partial charge >= 0.3 is 0 Å². The van der Waals surface area contributed by atoms with Crippen LogP contribution in [0.5, 0.6) is 0 Å². The van der Waals surface area contributed by atoms with Gasteiger partial charge in [-0.15, -0.1) is 22.7 Å². The number of hydrogen-bond donors (Lipinski definition) is 1. The summed E-state index contributed by atoms with van der Waals surface area (Å²) in [6.45, 7) is 5.26. The molecule has 5 heteroatoms. The van der Waals surface area contributed by atoms with Crippen LogP contribution in [0.25, 0.3) is 0 Å². The van der Waals surface area contributed by atoms with Gasteiger partial charge in [0, 0.05) is 10.4 Å². The van der Waals surface area contributed by atoms with E-state index in [9.17, 15) is 0 Å². The molecule has 1 N–H and O–H groups in total. The van der Waals surface area contributed by atoms with E-state index in [1.807, 2.05) is 6.07 Å². The van der Waals surface area contributed by atoms with Crippen LogP contribution in [0.1, 0.15) is 35.4 Å². The molecule has 1 nitrogen and oxygen atoms in total. The van der Waals surface area contributed by atoms with Gasteiger partial charge in [-0.05, 0) is 43.0 Å². The zero-order valence-corrected chi connectivity index (χ0v) is 13.4. The van der Waals surface area contributed by atoms with Crippen LogP contribution in [-0.2, 0) is 0 Å². The first kappa shape index (κ1) is 14.4. The maximum Gasteiger partial charge on any atom is 0.0995 e. The van der Waals surface area contributed by atoms with E-state index < -0.39 is 0 Å². The lowest BCUT2D eigenvalue weighted by molar-refractivity contribution is 0.605. The van der Waals surface area contributed by atoms with Crippen molar-refractivity contribution in [2.24, 2.45) is 0 Å². The quantitative estimate of drug-likeness (QED) is 0.765. The van der Waals surface area contributed by atoms with Crippen LogP contribution in [0.2, 0.25) is 8.67 Å². The van der Waals surface area contributed by atoms with Crippen LogP contribution < -0.4 is 5.32 Å². The van der Waals surface area contributed by atoms with Gasteiger partial charge in [-0.3, -0.25) is 0 Å². The van der Waals surface area contributed by atoms with Crippen molar-refractivity contribution in [3.63, 3.8) is 0 Å². The Morgan fingerprint density at radius 2 is 2.17 bits per heavy atom. The molecule has 2 rings (SSSR count). The second-order valence-electron chi connectivity index (χ2n) is 4.13. The third-order valence-electron chi connectivity index (χ3n) is 2.76. The minimum atomic E-state index is 0.154. The smallest absolute Gasteiger partial charge is 0.0995 e. The number of rotatable bonds is 5. The molecule has 0 aromatic carbocycles. The third-order valence-corrected chi connectivity index (χ3v) is 5.36. The van der Waals surface area contributed by atoms with Crippen molar-refractivity contribution in [2.75, 3.05) is 6.54 Å². The topological polar surface area (TPSA) is 12.0 Å². The van der Waals surface area contributed by atoms with Gasteiger partial charge in [0.15, 0.2) is 0 Å². The highest BCUT2D eigenvalue weighted by Crippen LogP contribution is 2.39. The van der Waals surface area contributed by atoms with E-state index in [2.05, 4.69) is 30.6 Å². The molecule has 0 spiro atoms. The molecule has 0 radical (unpaired) electrons. The van der Waals surface area contributed by atoms with E-state index in [0.717, 1.165) is 27.2 Å². The van der Waals surface area contributed by atoms with E-state index in [1.54, 1.807) is 11.3 Å². The molecule has 0 aliphatic rings. The van der Waals surface area contributed by atoms with Gasteiger partial charge in [0.2, 0.25) is 0 Å². The van der Waals surface area contributed by atoms with Crippen molar-refractivity contribution < 1.29 is 0 Å². The summed E-state index contributed by atoms with van der Waals surface area (Å²) in [6.07, 6.45) is 1.09. The third kappa shape index (κ3) is 3.09. The Balaban J connectivity index is 2.37. The maximum absolute atomic E-state index is 6.29. The van der Waals surface area contributed by atoms with Crippen molar-refractivity contribution >= 4 is 45.9 Å². The Labute approximate surface area is 126 Å². The van der Waals surface area contributed by atoms with Gasteiger partial charge in [-0.1, -0.05) is 30.1 Å². The first-order chi connectivity index (χ1) is 8.63. The number of thiophene rings is 2. The highest BCUT2D eigenvalue weighted by Gasteiger charge is 2.21. The van der Waals surface area contributed by atoms with E-state index in [4.69, 9.17) is 23.2 Å². The maximum atomic E-state index is 6.29. The lowest BCUT2D eigenvalue weighted by Crippen LogP contribution is -2.22. The van der Waals surface area contributed by atoms with Gasteiger partial charge in [-0.2, -0.15) is 0 Å². The van der Waals surface area contributed by atoms with E-state index >= 15 is 0 Å². The molecule has 18 heavy (non-hydrogen) atoms. The normalized spacial score (nSPS) is 12.9. The number of nitrogens with one attached hydrogen (secondary N) is 1. The average Bonchev–Trinajstić information content (AvgIpc) is 2.87. The van der Waals surface area contributed by atoms with Crippen molar-refractivity contribution in [1.82, 2.24) is 5.32 Å². The number of aryl methyl sites for hydroxylation is 1. The van der Waals surface area contributed by atoms with Gasteiger partial charge in [0.1, 0.15) is 0 Å². The molecule has 2 aromatic heterocycles. The zero-order chi connectivity index (χ0) is 13.1. The van der Waals surface area contributed by atoms with E-state index in [0.29, 0.717) is 0 Å². The molecule has 98 valence electrons. The monoisotopic (exact) mass is 319 g/mol. The molecule has 0 saturated heterocycles. The second kappa shape index (κ2) is 6.40. The minimum absolute atomic E-state index is 0.154. The van der Waals surface area contributed by atoms with Crippen LogP contribution >= 0.6 is 45.9 Å². The molecule has 1 unspecified atom stereocenters. The van der Waals surface area contributed by atoms with Gasteiger partial charge in [0.25, 0.3) is 0 Å². The Bertz CT molecular complexity index is 519. The van der Waals surface area contributed by atoms with Crippen LogP contribution in [-0.4, -0.2) is 6.54 Å². The summed E-state index contributed by atoms with van der Waals surface area (Å²) >= 11 is 15.5. The van der Waals surface area contributed by atoms with Gasteiger partial charge < -0.3 is 5.32 Å². The Hall–Kier alpha value is -0.0600. The molecule has 0 aliphatic carbocycles. The van der Waals surface area contributed by atoms with E-state index in [1.165, 1.54) is 21.8 Å². The van der Waals surface area contributed by atoms with E-state index in [-0.39, 0.29) is 6.04 Å². The number of hydrogen-bond acceptors (Lipinski definition) is 3. The average molecular weight is 320 g/mol. The SMILES string of the molecule is CCCNC(c1cc(Cl)sc1Cl)c1sccc1C. The first-order valence-corrected chi connectivity index (χ1v) is 8.30. The lowest BCUT2D eigenvalue weighted by atomic mass is 10.1. The zero-order valence-electron chi connectivity index (χ0n) is 10.3. The Morgan fingerprint density at radius 1 is 1.39 bits per heavy atom. The molecule has 0 aliphatic heterocycles. The molecule has 2 aromatic rings. The number of halogens is 2. The predicted molar refractivity (Wildman–Crippen MR) is 83.5 cm³/mol. The fraction of sp³-hybridized carbons (Fsp3) is 0.385. The lowest BCUT2D eigenvalue weighted by Gasteiger charge is -2.18. The summed E-state index contributed by atoms with van der Waals surface area (Å²) in [7, 11) is 0. The fourth-order valence-electron chi connectivity index (χ4n) is 1.86. The van der Waals surface area contributed by atoms with Crippen molar-refractivity contribution in [2.45, 2.75) is 26.3 Å². The van der Waals surface area contributed by atoms with Gasteiger partial charge in [-0.25, -0.2) is 0 Å². The molecule has 0 fully saturated rings. The summed E-state index contributed by atoms with van der Waals surface area (Å²) in [5.41, 5.74) is 2.39. The summed E-state index contributed by atoms with van der Waals surface area (Å²) in [4.78, 5) is 1.32. The summed E-state index contributed by atoms with van der Waals surface area (Å²) in [5.74, 6) is 0. The predicted octanol–water partition coefficient (Wildman–Crippen LogP) is 5.51. The Morgan fingerprint density at radius 3 is 2.67 bits per heavy atom. The van der Waals surface area contributed by atoms with Crippen LogP contribution in [0, 0.1) is 6.92 Å². The standard InChI is InChI=1S/C13H15Cl2NS2/c1-3-5-16-11(12-8(2)4-6-17-12)9-7-10(14)18-13(9)15/h4,6-7,11,16H,3,5H2,1-2H3. The molecule has 0 bridgehead atoms. The summed E-state index contributed by atoms with van der Waals surface area (Å²) in [5, 5.41) is 5.68. The highest BCUT2D eigenvalue weighted by molar-refractivity contribution is 7.20. The summed E-state index contributed by atoms with van der Waals surface area (Å²) < 4.78 is 1.52. The van der Waals surface area contributed by atoms with Crippen molar-refractivity contribution in [1.29, 1.82) is 0 Å². The fourth-order valence-corrected chi connectivity index (χ4v) is 4.41. The van der Waals surface area contributed by atoms with Gasteiger partial charge in [0.05, 0.1) is 14.7 Å². The van der Waals surface area contributed by atoms with Crippen LogP contribution in [0.3, 0.4) is 0 Å². The van der Waals surface area contributed by atoms with Crippen LogP contribution in [0.15, 0.2) is 17.5 Å². The molecule has 0 amide bonds. The molecular weight excluding hydrogens is 305 g/mol. The minimum Gasteiger partial charge on any atom is -0.306 e. The first-order valence-electron chi connectivity index (χ1n) is 5.85. The molecule has 1 atom stereocenters. The largest absolute Gasteiger partial charge is 0.306 e. The summed E-state index contributed by atoms with van der Waals surface area (Å²) in [6, 6.07) is 4.27. The van der Waals surface area contributed by atoms with Crippen LogP contribution in [0.4, 0.5) is 0 Å². The Kier molecular flexibility index (Phi) is 5.10. The molecule has 0 saturated carbocycles. The van der Waals surface area contributed by atoms with Crippen molar-refractivity contribution in [3.8, 4) is 0 Å². The second-order valence-corrected chi connectivity index (χ2v) is 7.37. The van der Waals surface area contributed by atoms with Crippen molar-refractivity contribution in [3.05, 3.63) is 42.2 Å². The highest BCUT2D eigenvalue weighted by atomic mass is 35.5. The molecular formula is C13H15Cl2NS2.